The minimum absolute atomic E-state index is 0.0565. The van der Waals surface area contributed by atoms with Crippen LogP contribution in [0.15, 0.2) is 30.3 Å². The molecule has 0 saturated carbocycles. The molecule has 2 fully saturated rings. The van der Waals surface area contributed by atoms with Crippen LogP contribution in [0.25, 0.3) is 10.2 Å². The van der Waals surface area contributed by atoms with Crippen LogP contribution in [0.1, 0.15) is 53.0 Å². The summed E-state index contributed by atoms with van der Waals surface area (Å²) in [6.07, 6.45) is 4.96. The van der Waals surface area contributed by atoms with Crippen molar-refractivity contribution in [1.82, 2.24) is 19.6 Å². The summed E-state index contributed by atoms with van der Waals surface area (Å²) >= 11 is 7.84. The lowest BCUT2D eigenvalue weighted by Crippen LogP contribution is -2.45. The van der Waals surface area contributed by atoms with E-state index in [9.17, 15) is 9.59 Å². The number of benzene rings is 1. The van der Waals surface area contributed by atoms with E-state index in [4.69, 9.17) is 11.6 Å². The molecule has 0 spiro atoms. The van der Waals surface area contributed by atoms with Crippen molar-refractivity contribution < 1.29 is 9.59 Å². The Bertz CT molecular complexity index is 1170. The van der Waals surface area contributed by atoms with Gasteiger partial charge in [0.25, 0.3) is 5.91 Å². The lowest BCUT2D eigenvalue weighted by Gasteiger charge is -2.35. The van der Waals surface area contributed by atoms with Crippen molar-refractivity contribution in [3.8, 4) is 0 Å². The zero-order valence-corrected chi connectivity index (χ0v) is 20.5. The lowest BCUT2D eigenvalue weighted by atomic mass is 9.94. The maximum atomic E-state index is 13.3. The zero-order chi connectivity index (χ0) is 22.9. The molecule has 3 aromatic rings. The minimum Gasteiger partial charge on any atom is -0.342 e. The molecule has 0 unspecified atom stereocenters. The number of piperidine rings is 2. The molecule has 2 aromatic heterocycles. The first-order chi connectivity index (χ1) is 16.0. The lowest BCUT2D eigenvalue weighted by molar-refractivity contribution is -0.137. The quantitative estimate of drug-likeness (QED) is 0.525. The smallest absolute Gasteiger partial charge is 0.264 e. The van der Waals surface area contributed by atoms with Gasteiger partial charge in [-0.15, -0.1) is 11.3 Å². The molecule has 5 rings (SSSR count). The van der Waals surface area contributed by atoms with Crippen LogP contribution in [0.3, 0.4) is 0 Å². The highest BCUT2D eigenvalue weighted by Gasteiger charge is 2.31. The topological polar surface area (TPSA) is 58.4 Å². The second-order valence-electron chi connectivity index (χ2n) is 9.12. The van der Waals surface area contributed by atoms with E-state index < -0.39 is 0 Å². The fourth-order valence-electron chi connectivity index (χ4n) is 4.97. The van der Waals surface area contributed by atoms with Gasteiger partial charge < -0.3 is 9.80 Å². The average Bonchev–Trinajstić information content (AvgIpc) is 3.41. The predicted octanol–water partition coefficient (Wildman–Crippen LogP) is 4.97. The van der Waals surface area contributed by atoms with Crippen molar-refractivity contribution in [2.45, 2.75) is 45.6 Å². The van der Waals surface area contributed by atoms with Crippen LogP contribution in [-0.2, 0) is 11.3 Å². The van der Waals surface area contributed by atoms with Crippen molar-refractivity contribution in [2.24, 2.45) is 5.92 Å². The molecule has 8 heteroatoms. The third-order valence-electron chi connectivity index (χ3n) is 6.90. The van der Waals surface area contributed by atoms with E-state index in [1.807, 2.05) is 51.7 Å². The summed E-state index contributed by atoms with van der Waals surface area (Å²) in [6.45, 7) is 5.62. The monoisotopic (exact) mass is 484 g/mol. The van der Waals surface area contributed by atoms with E-state index in [-0.39, 0.29) is 11.8 Å². The van der Waals surface area contributed by atoms with Crippen LogP contribution in [0, 0.1) is 12.8 Å². The number of aromatic nitrogens is 2. The normalized spacial score (nSPS) is 17.6. The van der Waals surface area contributed by atoms with E-state index >= 15 is 0 Å². The van der Waals surface area contributed by atoms with Crippen LogP contribution in [0.5, 0.6) is 0 Å². The number of rotatable bonds is 4. The maximum absolute atomic E-state index is 13.3. The van der Waals surface area contributed by atoms with Gasteiger partial charge in [0.1, 0.15) is 4.83 Å². The Morgan fingerprint density at radius 3 is 2.52 bits per heavy atom. The number of halogens is 1. The van der Waals surface area contributed by atoms with E-state index in [1.54, 1.807) is 0 Å². The number of carbonyl (C=O) groups excluding carboxylic acids is 2. The number of hydrogen-bond donors (Lipinski definition) is 0. The highest BCUT2D eigenvalue weighted by Crippen LogP contribution is 2.31. The van der Waals surface area contributed by atoms with Gasteiger partial charge in [-0.2, -0.15) is 5.10 Å². The van der Waals surface area contributed by atoms with E-state index in [0.717, 1.165) is 65.1 Å². The Labute approximate surface area is 203 Å². The van der Waals surface area contributed by atoms with Gasteiger partial charge in [0.15, 0.2) is 0 Å². The van der Waals surface area contributed by atoms with Gasteiger partial charge in [0, 0.05) is 42.5 Å². The molecule has 0 N–H and O–H groups in total. The fraction of sp³-hybridized carbons (Fsp3) is 0.480. The van der Waals surface area contributed by atoms with Crippen molar-refractivity contribution in [3.05, 3.63) is 51.5 Å². The third kappa shape index (κ3) is 4.53. The summed E-state index contributed by atoms with van der Waals surface area (Å²) in [5.41, 5.74) is 1.92. The second kappa shape index (κ2) is 9.47. The number of hydrogen-bond acceptors (Lipinski definition) is 4. The molecule has 6 nitrogen and oxygen atoms in total. The predicted molar refractivity (Wildman–Crippen MR) is 132 cm³/mol. The third-order valence-corrected chi connectivity index (χ3v) is 8.40. The number of amides is 2. The number of nitrogens with zero attached hydrogens (tertiary/aromatic N) is 4. The number of thiophene rings is 1. The molecular weight excluding hydrogens is 456 g/mol. The Kier molecular flexibility index (Phi) is 6.43. The fourth-order valence-corrected chi connectivity index (χ4v) is 6.30. The Morgan fingerprint density at radius 1 is 1.06 bits per heavy atom. The van der Waals surface area contributed by atoms with E-state index in [0.29, 0.717) is 30.6 Å². The van der Waals surface area contributed by atoms with Gasteiger partial charge in [-0.1, -0.05) is 29.8 Å². The van der Waals surface area contributed by atoms with Gasteiger partial charge in [-0.25, -0.2) is 0 Å². The molecule has 2 aliphatic rings. The first-order valence-corrected chi connectivity index (χ1v) is 13.0. The first-order valence-electron chi connectivity index (χ1n) is 11.8. The molecule has 2 aliphatic heterocycles. The second-order valence-corrected chi connectivity index (χ2v) is 10.6. The van der Waals surface area contributed by atoms with Gasteiger partial charge in [0.05, 0.1) is 17.1 Å². The summed E-state index contributed by atoms with van der Waals surface area (Å²) in [5.74, 6) is 0.406. The molecule has 2 saturated heterocycles. The molecule has 2 amide bonds. The Balaban J connectivity index is 1.27. The average molecular weight is 485 g/mol. The SMILES string of the molecule is Cc1nn(Cc2ccccc2Cl)c2sc(C(=O)N3CCC(C(=O)N4CCCCC4)CC3)cc12. The Morgan fingerprint density at radius 2 is 1.79 bits per heavy atom. The van der Waals surface area contributed by atoms with Crippen molar-refractivity contribution >= 4 is 45.0 Å². The van der Waals surface area contributed by atoms with Crippen LogP contribution in [0.4, 0.5) is 0 Å². The number of aryl methyl sites for hydroxylation is 1. The molecular formula is C25H29ClN4O2S. The maximum Gasteiger partial charge on any atom is 0.264 e. The summed E-state index contributed by atoms with van der Waals surface area (Å²) in [7, 11) is 0. The van der Waals surface area contributed by atoms with Gasteiger partial charge in [-0.3, -0.25) is 14.3 Å². The molecule has 174 valence electrons. The molecule has 4 heterocycles. The largest absolute Gasteiger partial charge is 0.342 e. The molecule has 1 aromatic carbocycles. The van der Waals surface area contributed by atoms with Gasteiger partial charge in [0.2, 0.25) is 5.91 Å². The summed E-state index contributed by atoms with van der Waals surface area (Å²) in [4.78, 5) is 31.8. The van der Waals surface area contributed by atoms with Gasteiger partial charge in [-0.05, 0) is 56.7 Å². The molecule has 33 heavy (non-hydrogen) atoms. The van der Waals surface area contributed by atoms with Gasteiger partial charge >= 0.3 is 0 Å². The van der Waals surface area contributed by atoms with Crippen LogP contribution in [-0.4, -0.2) is 57.6 Å². The van der Waals surface area contributed by atoms with Crippen molar-refractivity contribution in [3.63, 3.8) is 0 Å². The molecule has 0 atom stereocenters. The first kappa shape index (κ1) is 22.4. The van der Waals surface area contributed by atoms with Crippen molar-refractivity contribution in [2.75, 3.05) is 26.2 Å². The Hall–Kier alpha value is -2.38. The summed E-state index contributed by atoms with van der Waals surface area (Å²) in [5, 5.41) is 6.41. The summed E-state index contributed by atoms with van der Waals surface area (Å²) in [6, 6.07) is 9.74. The summed E-state index contributed by atoms with van der Waals surface area (Å²) < 4.78 is 1.94. The van der Waals surface area contributed by atoms with Crippen LogP contribution < -0.4 is 0 Å². The van der Waals surface area contributed by atoms with Crippen LogP contribution >= 0.6 is 22.9 Å². The molecule has 0 bridgehead atoms. The number of likely N-dealkylation sites (tertiary alicyclic amines) is 2. The number of fused-ring (bicyclic) bond motifs is 1. The van der Waals surface area contributed by atoms with Crippen LogP contribution in [0.2, 0.25) is 5.02 Å². The molecule has 0 aliphatic carbocycles. The molecule has 0 radical (unpaired) electrons. The number of carbonyl (C=O) groups is 2. The standard InChI is InChI=1S/C25H29ClN4O2S/c1-17-20-15-22(33-25(20)30(27-17)16-19-7-3-4-8-21(19)26)24(32)29-13-9-18(10-14-29)23(31)28-11-5-2-6-12-28/h3-4,7-8,15,18H,2,5-6,9-14,16H2,1H3. The zero-order valence-electron chi connectivity index (χ0n) is 18.9. The highest BCUT2D eigenvalue weighted by molar-refractivity contribution is 7.20. The van der Waals surface area contributed by atoms with E-state index in [2.05, 4.69) is 5.10 Å². The van der Waals surface area contributed by atoms with E-state index in [1.165, 1.54) is 17.8 Å². The minimum atomic E-state index is 0.0565. The highest BCUT2D eigenvalue weighted by atomic mass is 35.5. The van der Waals surface area contributed by atoms with Crippen molar-refractivity contribution in [1.29, 1.82) is 0 Å².